The second-order valence-electron chi connectivity index (χ2n) is 4.75. The fraction of sp³-hybridized carbons (Fsp3) is 0.750. The third kappa shape index (κ3) is 2.07. The Morgan fingerprint density at radius 2 is 2.27 bits per heavy atom. The predicted molar refractivity (Wildman–Crippen MR) is 58.3 cm³/mol. The molecular weight excluding hydrogens is 190 g/mol. The Kier molecular flexibility index (Phi) is 2.83. The van der Waals surface area contributed by atoms with E-state index in [-0.39, 0.29) is 11.8 Å². The van der Waals surface area contributed by atoms with Crippen molar-refractivity contribution in [1.29, 1.82) is 0 Å². The van der Waals surface area contributed by atoms with Gasteiger partial charge in [-0.1, -0.05) is 19.1 Å². The summed E-state index contributed by atoms with van der Waals surface area (Å²) in [5, 5.41) is 9.83. The van der Waals surface area contributed by atoms with E-state index < -0.39 is 5.60 Å². The molecule has 0 saturated carbocycles. The molecule has 1 aliphatic heterocycles. The third-order valence-corrected chi connectivity index (χ3v) is 3.56. The van der Waals surface area contributed by atoms with Gasteiger partial charge in [-0.05, 0) is 25.7 Å². The van der Waals surface area contributed by atoms with Crippen LogP contribution >= 0.6 is 0 Å². The summed E-state index contributed by atoms with van der Waals surface area (Å²) in [5.74, 6) is 0.397. The topological polar surface area (TPSA) is 40.5 Å². The number of carbonyl (C=O) groups is 1. The van der Waals surface area contributed by atoms with Gasteiger partial charge in [-0.15, -0.1) is 0 Å². The summed E-state index contributed by atoms with van der Waals surface area (Å²) in [4.78, 5) is 13.8. The lowest BCUT2D eigenvalue weighted by Gasteiger charge is -2.47. The normalized spacial score (nSPS) is 28.7. The first-order valence-corrected chi connectivity index (χ1v) is 5.81. The lowest BCUT2D eigenvalue weighted by Crippen LogP contribution is -2.64. The summed E-state index contributed by atoms with van der Waals surface area (Å²) in [5.41, 5.74) is -0.597. The van der Waals surface area contributed by atoms with Gasteiger partial charge in [0, 0.05) is 5.92 Å². The molecule has 2 rings (SSSR count). The molecule has 2 aliphatic rings. The van der Waals surface area contributed by atoms with Crippen LogP contribution in [0.5, 0.6) is 0 Å². The Hall–Kier alpha value is -0.830. The van der Waals surface area contributed by atoms with Crippen molar-refractivity contribution in [3.05, 3.63) is 12.2 Å². The second kappa shape index (κ2) is 3.97. The van der Waals surface area contributed by atoms with Gasteiger partial charge in [0.15, 0.2) is 0 Å². The fourth-order valence-electron chi connectivity index (χ4n) is 2.32. The minimum absolute atomic E-state index is 0.163. The molecule has 1 aliphatic carbocycles. The van der Waals surface area contributed by atoms with Gasteiger partial charge in [0.25, 0.3) is 0 Å². The Balaban J connectivity index is 1.86. The van der Waals surface area contributed by atoms with Crippen molar-refractivity contribution >= 4 is 5.91 Å². The lowest BCUT2D eigenvalue weighted by atomic mass is 9.87. The Bertz CT molecular complexity index is 279. The van der Waals surface area contributed by atoms with Gasteiger partial charge in [-0.25, -0.2) is 0 Å². The molecule has 0 aromatic rings. The first-order chi connectivity index (χ1) is 7.14. The molecule has 0 radical (unpaired) electrons. The highest BCUT2D eigenvalue weighted by molar-refractivity contribution is 5.80. The minimum Gasteiger partial charge on any atom is -0.386 e. The van der Waals surface area contributed by atoms with E-state index in [1.54, 1.807) is 4.90 Å². The first-order valence-electron chi connectivity index (χ1n) is 5.81. The molecule has 1 amide bonds. The van der Waals surface area contributed by atoms with Crippen molar-refractivity contribution in [1.82, 2.24) is 4.90 Å². The molecule has 0 aromatic carbocycles. The highest BCUT2D eigenvalue weighted by Gasteiger charge is 2.43. The maximum Gasteiger partial charge on any atom is 0.226 e. The largest absolute Gasteiger partial charge is 0.386 e. The average Bonchev–Trinajstić information content (AvgIpc) is 2.25. The van der Waals surface area contributed by atoms with Gasteiger partial charge >= 0.3 is 0 Å². The zero-order valence-electron chi connectivity index (χ0n) is 9.28. The van der Waals surface area contributed by atoms with Crippen LogP contribution < -0.4 is 0 Å². The van der Waals surface area contributed by atoms with Crippen molar-refractivity contribution in [3.8, 4) is 0 Å². The number of likely N-dealkylation sites (tertiary alicyclic amines) is 1. The van der Waals surface area contributed by atoms with Crippen LogP contribution in [0, 0.1) is 5.92 Å². The van der Waals surface area contributed by atoms with E-state index in [2.05, 4.69) is 12.2 Å². The fourth-order valence-corrected chi connectivity index (χ4v) is 2.32. The molecule has 0 spiro atoms. The van der Waals surface area contributed by atoms with Gasteiger partial charge in [-0.2, -0.15) is 0 Å². The summed E-state index contributed by atoms with van der Waals surface area (Å²) < 4.78 is 0. The van der Waals surface area contributed by atoms with Crippen LogP contribution in [-0.2, 0) is 4.79 Å². The number of aliphatic hydroxyl groups is 1. The van der Waals surface area contributed by atoms with Crippen LogP contribution in [0.1, 0.15) is 32.6 Å². The molecule has 0 bridgehead atoms. The number of amides is 1. The molecular formula is C12H19NO2. The van der Waals surface area contributed by atoms with E-state index in [9.17, 15) is 9.90 Å². The standard InChI is InChI=1S/C12H19NO2/c1-2-12(15)8-13(9-12)11(14)10-6-4-3-5-7-10/h3-4,10,15H,2,5-9H2,1H3. The van der Waals surface area contributed by atoms with Crippen LogP contribution in [0.3, 0.4) is 0 Å². The SMILES string of the molecule is CCC1(O)CN(C(=O)C2CC=CCC2)C1. The van der Waals surface area contributed by atoms with E-state index in [0.29, 0.717) is 13.1 Å². The van der Waals surface area contributed by atoms with E-state index in [1.807, 2.05) is 6.92 Å². The highest BCUT2D eigenvalue weighted by Crippen LogP contribution is 2.28. The number of hydrogen-bond donors (Lipinski definition) is 1. The maximum absolute atomic E-state index is 12.0. The molecule has 84 valence electrons. The van der Waals surface area contributed by atoms with Crippen LogP contribution in [-0.4, -0.2) is 34.6 Å². The second-order valence-corrected chi connectivity index (χ2v) is 4.75. The Labute approximate surface area is 90.8 Å². The predicted octanol–water partition coefficient (Wildman–Crippen LogP) is 1.33. The zero-order chi connectivity index (χ0) is 10.9. The van der Waals surface area contributed by atoms with Gasteiger partial charge in [0.1, 0.15) is 0 Å². The maximum atomic E-state index is 12.0. The number of β-amino-alcohol motifs (C(OH)–C–C–N with tert-alkyl or cyclic N) is 1. The van der Waals surface area contributed by atoms with Crippen molar-refractivity contribution in [2.75, 3.05) is 13.1 Å². The van der Waals surface area contributed by atoms with Crippen LogP contribution in [0.2, 0.25) is 0 Å². The van der Waals surface area contributed by atoms with Gasteiger partial charge in [-0.3, -0.25) is 4.79 Å². The molecule has 1 fully saturated rings. The van der Waals surface area contributed by atoms with E-state index >= 15 is 0 Å². The van der Waals surface area contributed by atoms with E-state index in [4.69, 9.17) is 0 Å². The van der Waals surface area contributed by atoms with Gasteiger partial charge < -0.3 is 10.0 Å². The number of hydrogen-bond acceptors (Lipinski definition) is 2. The molecule has 3 nitrogen and oxygen atoms in total. The zero-order valence-corrected chi connectivity index (χ0v) is 9.28. The van der Waals surface area contributed by atoms with E-state index in [0.717, 1.165) is 25.7 Å². The molecule has 1 atom stereocenters. The molecule has 1 unspecified atom stereocenters. The smallest absolute Gasteiger partial charge is 0.226 e. The number of carbonyl (C=O) groups excluding carboxylic acids is 1. The molecule has 15 heavy (non-hydrogen) atoms. The van der Waals surface area contributed by atoms with Gasteiger partial charge in [0.2, 0.25) is 5.91 Å². The Morgan fingerprint density at radius 1 is 1.53 bits per heavy atom. The highest BCUT2D eigenvalue weighted by atomic mass is 16.3. The van der Waals surface area contributed by atoms with Crippen LogP contribution in [0.25, 0.3) is 0 Å². The summed E-state index contributed by atoms with van der Waals surface area (Å²) in [6, 6.07) is 0. The first kappa shape index (κ1) is 10.7. The third-order valence-electron chi connectivity index (χ3n) is 3.56. The van der Waals surface area contributed by atoms with Gasteiger partial charge in [0.05, 0.1) is 18.7 Å². The van der Waals surface area contributed by atoms with Crippen molar-refractivity contribution in [3.63, 3.8) is 0 Å². The molecule has 1 saturated heterocycles. The molecule has 0 aromatic heterocycles. The minimum atomic E-state index is -0.597. The number of nitrogens with zero attached hydrogens (tertiary/aromatic N) is 1. The summed E-state index contributed by atoms with van der Waals surface area (Å²) in [7, 11) is 0. The lowest BCUT2D eigenvalue weighted by molar-refractivity contribution is -0.160. The number of rotatable bonds is 2. The van der Waals surface area contributed by atoms with Crippen molar-refractivity contribution < 1.29 is 9.90 Å². The Morgan fingerprint density at radius 3 is 2.80 bits per heavy atom. The quantitative estimate of drug-likeness (QED) is 0.697. The summed E-state index contributed by atoms with van der Waals surface area (Å²) in [6.45, 7) is 3.02. The molecule has 1 heterocycles. The van der Waals surface area contributed by atoms with E-state index in [1.165, 1.54) is 0 Å². The molecule has 3 heteroatoms. The summed E-state index contributed by atoms with van der Waals surface area (Å²) in [6.07, 6.45) is 7.83. The summed E-state index contributed by atoms with van der Waals surface area (Å²) >= 11 is 0. The van der Waals surface area contributed by atoms with Crippen LogP contribution in [0.15, 0.2) is 12.2 Å². The average molecular weight is 209 g/mol. The number of allylic oxidation sites excluding steroid dienone is 2. The molecule has 1 N–H and O–H groups in total. The van der Waals surface area contributed by atoms with Crippen LogP contribution in [0.4, 0.5) is 0 Å². The van der Waals surface area contributed by atoms with Crippen molar-refractivity contribution in [2.45, 2.75) is 38.2 Å². The van der Waals surface area contributed by atoms with Crippen molar-refractivity contribution in [2.24, 2.45) is 5.92 Å². The monoisotopic (exact) mass is 209 g/mol.